The van der Waals surface area contributed by atoms with Gasteiger partial charge in [-0.3, -0.25) is 0 Å². The minimum absolute atomic E-state index is 0.0494. The molecule has 1 aromatic heterocycles. The van der Waals surface area contributed by atoms with E-state index < -0.39 is 0 Å². The molecule has 0 aliphatic heterocycles. The summed E-state index contributed by atoms with van der Waals surface area (Å²) in [5.74, 6) is 2.88. The van der Waals surface area contributed by atoms with Crippen molar-refractivity contribution < 1.29 is 29.2 Å². The third kappa shape index (κ3) is 5.88. The Morgan fingerprint density at radius 1 is 0.500 bits per heavy atom. The molecule has 3 aromatic carbocycles. The number of phenols is 2. The third-order valence-corrected chi connectivity index (χ3v) is 5.48. The Bertz CT molecular complexity index is 1340. The van der Waals surface area contributed by atoms with Crippen LogP contribution in [0.15, 0.2) is 54.6 Å². The highest BCUT2D eigenvalue weighted by Crippen LogP contribution is 2.38. The van der Waals surface area contributed by atoms with Crippen molar-refractivity contribution in [2.45, 2.75) is 27.7 Å². The zero-order valence-corrected chi connectivity index (χ0v) is 21.9. The largest absolute Gasteiger partial charge is 0.507 e. The quantitative estimate of drug-likeness (QED) is 0.252. The van der Waals surface area contributed by atoms with Gasteiger partial charge in [-0.05, 0) is 64.1 Å². The van der Waals surface area contributed by atoms with Gasteiger partial charge in [0, 0.05) is 18.2 Å². The van der Waals surface area contributed by atoms with Crippen LogP contribution < -0.4 is 18.9 Å². The summed E-state index contributed by atoms with van der Waals surface area (Å²) in [6, 6.07) is 15.3. The molecular formula is C29H31N3O6. The summed E-state index contributed by atoms with van der Waals surface area (Å²) < 4.78 is 22.5. The molecule has 0 amide bonds. The second-order valence-electron chi connectivity index (χ2n) is 8.05. The van der Waals surface area contributed by atoms with Gasteiger partial charge in [0.25, 0.3) is 0 Å². The molecule has 9 nitrogen and oxygen atoms in total. The molecule has 0 aliphatic rings. The Hall–Kier alpha value is -4.53. The van der Waals surface area contributed by atoms with Crippen LogP contribution in [0.1, 0.15) is 27.7 Å². The predicted octanol–water partition coefficient (Wildman–Crippen LogP) is 5.88. The van der Waals surface area contributed by atoms with E-state index in [1.165, 1.54) is 12.1 Å². The second-order valence-corrected chi connectivity index (χ2v) is 8.05. The first-order valence-corrected chi connectivity index (χ1v) is 12.6. The third-order valence-electron chi connectivity index (χ3n) is 5.48. The Balaban J connectivity index is 1.91. The molecule has 198 valence electrons. The molecule has 0 radical (unpaired) electrons. The number of hydrogen-bond acceptors (Lipinski definition) is 9. The summed E-state index contributed by atoms with van der Waals surface area (Å²) in [5, 5.41) is 21.6. The number of ether oxygens (including phenoxy) is 4. The van der Waals surface area contributed by atoms with Gasteiger partial charge in [-0.25, -0.2) is 15.0 Å². The van der Waals surface area contributed by atoms with Gasteiger partial charge >= 0.3 is 0 Å². The second kappa shape index (κ2) is 12.1. The number of benzene rings is 3. The van der Waals surface area contributed by atoms with Crippen LogP contribution in [0.5, 0.6) is 34.5 Å². The van der Waals surface area contributed by atoms with Crippen LogP contribution in [-0.2, 0) is 0 Å². The van der Waals surface area contributed by atoms with Crippen LogP contribution in [0.4, 0.5) is 0 Å². The highest BCUT2D eigenvalue weighted by Gasteiger charge is 2.20. The Kier molecular flexibility index (Phi) is 8.47. The number of aromatic nitrogens is 3. The monoisotopic (exact) mass is 517 g/mol. The molecule has 1 heterocycles. The molecule has 0 unspecified atom stereocenters. The lowest BCUT2D eigenvalue weighted by Crippen LogP contribution is -2.03. The Morgan fingerprint density at radius 3 is 1.26 bits per heavy atom. The van der Waals surface area contributed by atoms with E-state index in [4.69, 9.17) is 18.9 Å². The smallest absolute Gasteiger partial charge is 0.167 e. The lowest BCUT2D eigenvalue weighted by molar-refractivity contribution is 0.324. The first kappa shape index (κ1) is 26.5. The molecule has 0 saturated carbocycles. The van der Waals surface area contributed by atoms with Gasteiger partial charge in [0.15, 0.2) is 17.5 Å². The summed E-state index contributed by atoms with van der Waals surface area (Å²) in [6.07, 6.45) is 0. The molecule has 4 rings (SSSR count). The van der Waals surface area contributed by atoms with E-state index in [0.29, 0.717) is 71.9 Å². The van der Waals surface area contributed by atoms with Crippen LogP contribution in [-0.4, -0.2) is 51.6 Å². The summed E-state index contributed by atoms with van der Waals surface area (Å²) in [4.78, 5) is 14.0. The maximum atomic E-state index is 10.8. The Labute approximate surface area is 221 Å². The van der Waals surface area contributed by atoms with Gasteiger partial charge in [-0.15, -0.1) is 0 Å². The molecule has 0 spiro atoms. The van der Waals surface area contributed by atoms with Crippen LogP contribution >= 0.6 is 0 Å². The van der Waals surface area contributed by atoms with E-state index in [2.05, 4.69) is 15.0 Å². The SMILES string of the molecule is CCOc1ccc(-c2nc(-c3ccc(OCC)cc3O)nc(-c3ccc(OCC)cc3OCC)n2)c(O)c1. The first-order valence-electron chi connectivity index (χ1n) is 12.6. The zero-order valence-electron chi connectivity index (χ0n) is 21.9. The maximum absolute atomic E-state index is 10.8. The van der Waals surface area contributed by atoms with Gasteiger partial charge in [0.05, 0.1) is 43.1 Å². The number of aromatic hydroxyl groups is 2. The zero-order chi connectivity index (χ0) is 27.1. The van der Waals surface area contributed by atoms with Gasteiger partial charge in [0.2, 0.25) is 0 Å². The average Bonchev–Trinajstić information content (AvgIpc) is 2.89. The van der Waals surface area contributed by atoms with E-state index in [0.717, 1.165) is 0 Å². The van der Waals surface area contributed by atoms with Gasteiger partial charge in [-0.2, -0.15) is 0 Å². The summed E-state index contributed by atoms with van der Waals surface area (Å²) in [5.41, 5.74) is 1.37. The fourth-order valence-electron chi connectivity index (χ4n) is 3.87. The summed E-state index contributed by atoms with van der Waals surface area (Å²) in [6.45, 7) is 9.40. The van der Waals surface area contributed by atoms with Gasteiger partial charge in [0.1, 0.15) is 34.5 Å². The van der Waals surface area contributed by atoms with Crippen molar-refractivity contribution in [3.05, 3.63) is 54.6 Å². The summed E-state index contributed by atoms with van der Waals surface area (Å²) in [7, 11) is 0. The van der Waals surface area contributed by atoms with Crippen molar-refractivity contribution in [1.82, 2.24) is 15.0 Å². The minimum atomic E-state index is -0.0494. The molecule has 2 N–H and O–H groups in total. The van der Waals surface area contributed by atoms with E-state index in [9.17, 15) is 10.2 Å². The standard InChI is InChI=1S/C29H31N3O6/c1-5-35-18-9-12-21(24(33)15-18)27-30-28(22-13-10-19(36-6-2)16-25(22)34)32-29(31-27)23-14-11-20(37-7-3)17-26(23)38-8-4/h9-17,33-34H,5-8H2,1-4H3. The molecule has 0 fully saturated rings. The van der Waals surface area contributed by atoms with Crippen molar-refractivity contribution in [3.63, 3.8) is 0 Å². The maximum Gasteiger partial charge on any atom is 0.167 e. The molecule has 9 heteroatoms. The van der Waals surface area contributed by atoms with Gasteiger partial charge in [-0.1, -0.05) is 0 Å². The van der Waals surface area contributed by atoms with Crippen LogP contribution in [0.3, 0.4) is 0 Å². The minimum Gasteiger partial charge on any atom is -0.507 e. The first-order chi connectivity index (χ1) is 18.5. The lowest BCUT2D eigenvalue weighted by atomic mass is 10.1. The van der Waals surface area contributed by atoms with Crippen LogP contribution in [0, 0.1) is 0 Å². The Morgan fingerprint density at radius 2 is 0.868 bits per heavy atom. The molecular weight excluding hydrogens is 486 g/mol. The molecule has 0 saturated heterocycles. The van der Waals surface area contributed by atoms with E-state index >= 15 is 0 Å². The highest BCUT2D eigenvalue weighted by molar-refractivity contribution is 5.74. The fourth-order valence-corrected chi connectivity index (χ4v) is 3.87. The normalized spacial score (nSPS) is 10.7. The number of rotatable bonds is 11. The topological polar surface area (TPSA) is 116 Å². The highest BCUT2D eigenvalue weighted by atomic mass is 16.5. The van der Waals surface area contributed by atoms with Crippen molar-refractivity contribution >= 4 is 0 Å². The van der Waals surface area contributed by atoms with Crippen LogP contribution in [0.2, 0.25) is 0 Å². The number of hydrogen-bond donors (Lipinski definition) is 2. The lowest BCUT2D eigenvalue weighted by Gasteiger charge is -2.14. The molecule has 38 heavy (non-hydrogen) atoms. The van der Waals surface area contributed by atoms with Crippen LogP contribution in [0.25, 0.3) is 34.2 Å². The predicted molar refractivity (Wildman–Crippen MR) is 144 cm³/mol. The summed E-state index contributed by atoms with van der Waals surface area (Å²) >= 11 is 0. The number of nitrogens with zero attached hydrogens (tertiary/aromatic N) is 3. The van der Waals surface area contributed by atoms with E-state index in [1.807, 2.05) is 39.8 Å². The molecule has 4 aromatic rings. The fraction of sp³-hybridized carbons (Fsp3) is 0.276. The van der Waals surface area contributed by atoms with Crippen molar-refractivity contribution in [3.8, 4) is 68.7 Å². The van der Waals surface area contributed by atoms with Crippen molar-refractivity contribution in [2.24, 2.45) is 0 Å². The number of phenolic OH excluding ortho intramolecular Hbond substituents is 2. The molecule has 0 bridgehead atoms. The molecule has 0 atom stereocenters. The average molecular weight is 518 g/mol. The van der Waals surface area contributed by atoms with E-state index in [-0.39, 0.29) is 23.1 Å². The van der Waals surface area contributed by atoms with Crippen molar-refractivity contribution in [1.29, 1.82) is 0 Å². The van der Waals surface area contributed by atoms with Gasteiger partial charge < -0.3 is 29.2 Å². The van der Waals surface area contributed by atoms with Crippen molar-refractivity contribution in [2.75, 3.05) is 26.4 Å². The molecule has 0 aliphatic carbocycles. The van der Waals surface area contributed by atoms with E-state index in [1.54, 1.807) is 30.3 Å².